The van der Waals surface area contributed by atoms with Gasteiger partial charge in [-0.3, -0.25) is 4.90 Å². The standard InChI is InChI=1S/C12H17FN2.ClH/c1-9(15-7-6-12(14)8-15)10-2-4-11(13)5-3-10;/h2-5,9,12H,6-8,14H2,1H3;1H. The van der Waals surface area contributed by atoms with Gasteiger partial charge in [-0.1, -0.05) is 12.1 Å². The Labute approximate surface area is 102 Å². The fourth-order valence-electron chi connectivity index (χ4n) is 2.12. The van der Waals surface area contributed by atoms with Crippen LogP contribution in [0, 0.1) is 5.82 Å². The van der Waals surface area contributed by atoms with Gasteiger partial charge >= 0.3 is 0 Å². The molecule has 4 heteroatoms. The summed E-state index contributed by atoms with van der Waals surface area (Å²) in [7, 11) is 0. The molecule has 90 valence electrons. The SMILES string of the molecule is CC(c1ccc(F)cc1)N1CCC(N)C1.Cl. The van der Waals surface area contributed by atoms with Gasteiger partial charge in [0.15, 0.2) is 0 Å². The van der Waals surface area contributed by atoms with Gasteiger partial charge in [0.25, 0.3) is 0 Å². The molecule has 1 heterocycles. The molecular formula is C12H18ClFN2. The lowest BCUT2D eigenvalue weighted by Gasteiger charge is -2.24. The summed E-state index contributed by atoms with van der Waals surface area (Å²) in [6, 6.07) is 7.37. The highest BCUT2D eigenvalue weighted by atomic mass is 35.5. The van der Waals surface area contributed by atoms with Gasteiger partial charge in [0.2, 0.25) is 0 Å². The van der Waals surface area contributed by atoms with E-state index in [0.717, 1.165) is 25.1 Å². The molecule has 0 amide bonds. The summed E-state index contributed by atoms with van der Waals surface area (Å²) < 4.78 is 12.8. The first-order chi connectivity index (χ1) is 7.16. The Kier molecular flexibility index (Phi) is 4.71. The summed E-state index contributed by atoms with van der Waals surface area (Å²) in [6.07, 6.45) is 1.06. The van der Waals surface area contributed by atoms with E-state index in [1.54, 1.807) is 0 Å². The number of nitrogens with two attached hydrogens (primary N) is 1. The van der Waals surface area contributed by atoms with E-state index in [-0.39, 0.29) is 18.2 Å². The van der Waals surface area contributed by atoms with E-state index < -0.39 is 0 Å². The molecule has 16 heavy (non-hydrogen) atoms. The molecule has 1 aromatic rings. The highest BCUT2D eigenvalue weighted by Crippen LogP contribution is 2.24. The molecule has 2 atom stereocenters. The monoisotopic (exact) mass is 244 g/mol. The minimum Gasteiger partial charge on any atom is -0.326 e. The zero-order valence-corrected chi connectivity index (χ0v) is 10.2. The average molecular weight is 245 g/mol. The molecule has 2 N–H and O–H groups in total. The molecule has 0 aliphatic carbocycles. The van der Waals surface area contributed by atoms with Crippen molar-refractivity contribution in [2.45, 2.75) is 25.4 Å². The zero-order chi connectivity index (χ0) is 10.8. The number of halogens is 2. The lowest BCUT2D eigenvalue weighted by atomic mass is 10.1. The normalized spacial score (nSPS) is 22.8. The summed E-state index contributed by atoms with van der Waals surface area (Å²) >= 11 is 0. The third kappa shape index (κ3) is 2.94. The van der Waals surface area contributed by atoms with E-state index in [2.05, 4.69) is 11.8 Å². The lowest BCUT2D eigenvalue weighted by Crippen LogP contribution is -2.28. The molecule has 2 nitrogen and oxygen atoms in total. The first-order valence-corrected chi connectivity index (χ1v) is 5.42. The van der Waals surface area contributed by atoms with Crippen LogP contribution in [0.3, 0.4) is 0 Å². The molecule has 0 aromatic heterocycles. The highest BCUT2D eigenvalue weighted by Gasteiger charge is 2.24. The van der Waals surface area contributed by atoms with Crippen molar-refractivity contribution >= 4 is 12.4 Å². The Hall–Kier alpha value is -0.640. The fourth-order valence-corrected chi connectivity index (χ4v) is 2.12. The Balaban J connectivity index is 0.00000128. The van der Waals surface area contributed by atoms with E-state index in [1.807, 2.05) is 12.1 Å². The Bertz CT molecular complexity index is 328. The quantitative estimate of drug-likeness (QED) is 0.865. The highest BCUT2D eigenvalue weighted by molar-refractivity contribution is 5.85. The number of likely N-dealkylation sites (tertiary alicyclic amines) is 1. The van der Waals surface area contributed by atoms with E-state index in [1.165, 1.54) is 12.1 Å². The van der Waals surface area contributed by atoms with E-state index >= 15 is 0 Å². The Morgan fingerprint density at radius 1 is 1.38 bits per heavy atom. The lowest BCUT2D eigenvalue weighted by molar-refractivity contribution is 0.260. The smallest absolute Gasteiger partial charge is 0.123 e. The van der Waals surface area contributed by atoms with Gasteiger partial charge in [-0.2, -0.15) is 0 Å². The fraction of sp³-hybridized carbons (Fsp3) is 0.500. The van der Waals surface area contributed by atoms with Gasteiger partial charge in [0, 0.05) is 25.2 Å². The van der Waals surface area contributed by atoms with Crippen molar-refractivity contribution in [3.63, 3.8) is 0 Å². The molecule has 2 unspecified atom stereocenters. The zero-order valence-electron chi connectivity index (χ0n) is 9.40. The van der Waals surface area contributed by atoms with Crippen LogP contribution in [-0.4, -0.2) is 24.0 Å². The van der Waals surface area contributed by atoms with Crippen molar-refractivity contribution in [3.05, 3.63) is 35.6 Å². The largest absolute Gasteiger partial charge is 0.326 e. The molecule has 1 fully saturated rings. The van der Waals surface area contributed by atoms with E-state index in [0.29, 0.717) is 12.1 Å². The molecule has 1 aromatic carbocycles. The maximum atomic E-state index is 12.8. The summed E-state index contributed by atoms with van der Waals surface area (Å²) in [6.45, 7) is 4.13. The van der Waals surface area contributed by atoms with Crippen LogP contribution in [0.1, 0.15) is 24.9 Å². The van der Waals surface area contributed by atoms with Crippen LogP contribution in [0.4, 0.5) is 4.39 Å². The van der Waals surface area contributed by atoms with Crippen LogP contribution in [0.5, 0.6) is 0 Å². The van der Waals surface area contributed by atoms with E-state index in [9.17, 15) is 4.39 Å². The predicted molar refractivity (Wildman–Crippen MR) is 66.2 cm³/mol. The molecule has 1 aliphatic rings. The van der Waals surface area contributed by atoms with Crippen LogP contribution in [-0.2, 0) is 0 Å². The number of hydrogen-bond donors (Lipinski definition) is 1. The molecule has 0 bridgehead atoms. The summed E-state index contributed by atoms with van der Waals surface area (Å²) in [4.78, 5) is 2.35. The third-order valence-electron chi connectivity index (χ3n) is 3.16. The first kappa shape index (κ1) is 13.4. The van der Waals surface area contributed by atoms with Gasteiger partial charge in [0.05, 0.1) is 0 Å². The van der Waals surface area contributed by atoms with Crippen molar-refractivity contribution < 1.29 is 4.39 Å². The minimum atomic E-state index is -0.177. The van der Waals surface area contributed by atoms with Crippen molar-refractivity contribution in [2.24, 2.45) is 5.73 Å². The number of nitrogens with zero attached hydrogens (tertiary/aromatic N) is 1. The molecule has 1 saturated heterocycles. The van der Waals surface area contributed by atoms with Crippen LogP contribution >= 0.6 is 12.4 Å². The van der Waals surface area contributed by atoms with Crippen LogP contribution in [0.25, 0.3) is 0 Å². The van der Waals surface area contributed by atoms with Crippen LogP contribution in [0.15, 0.2) is 24.3 Å². The predicted octanol–water partition coefficient (Wildman–Crippen LogP) is 2.34. The topological polar surface area (TPSA) is 29.3 Å². The molecule has 1 aliphatic heterocycles. The Morgan fingerprint density at radius 3 is 2.50 bits per heavy atom. The summed E-state index contributed by atoms with van der Waals surface area (Å²) in [5.41, 5.74) is 7.02. The van der Waals surface area contributed by atoms with Crippen LogP contribution < -0.4 is 5.73 Å². The van der Waals surface area contributed by atoms with E-state index in [4.69, 9.17) is 5.73 Å². The first-order valence-electron chi connectivity index (χ1n) is 5.42. The van der Waals surface area contributed by atoms with Crippen molar-refractivity contribution in [1.29, 1.82) is 0 Å². The minimum absolute atomic E-state index is 0. The second-order valence-electron chi connectivity index (χ2n) is 4.27. The third-order valence-corrected chi connectivity index (χ3v) is 3.16. The molecule has 0 saturated carbocycles. The van der Waals surface area contributed by atoms with Crippen LogP contribution in [0.2, 0.25) is 0 Å². The molecule has 0 radical (unpaired) electrons. The van der Waals surface area contributed by atoms with Gasteiger partial charge < -0.3 is 5.73 Å². The number of rotatable bonds is 2. The molecule has 0 spiro atoms. The Morgan fingerprint density at radius 2 is 2.00 bits per heavy atom. The number of hydrogen-bond acceptors (Lipinski definition) is 2. The maximum Gasteiger partial charge on any atom is 0.123 e. The summed E-state index contributed by atoms with van der Waals surface area (Å²) in [5.74, 6) is -0.177. The average Bonchev–Trinajstić information content (AvgIpc) is 2.65. The second kappa shape index (κ2) is 5.62. The van der Waals surface area contributed by atoms with Gasteiger partial charge in [-0.25, -0.2) is 4.39 Å². The second-order valence-corrected chi connectivity index (χ2v) is 4.27. The van der Waals surface area contributed by atoms with Gasteiger partial charge in [0.1, 0.15) is 5.82 Å². The maximum absolute atomic E-state index is 12.8. The molecule has 2 rings (SSSR count). The molecular weight excluding hydrogens is 227 g/mol. The van der Waals surface area contributed by atoms with Crippen molar-refractivity contribution in [3.8, 4) is 0 Å². The van der Waals surface area contributed by atoms with Crippen molar-refractivity contribution in [2.75, 3.05) is 13.1 Å². The number of benzene rings is 1. The van der Waals surface area contributed by atoms with Gasteiger partial charge in [-0.05, 0) is 31.0 Å². The van der Waals surface area contributed by atoms with Gasteiger partial charge in [-0.15, -0.1) is 12.4 Å². The summed E-state index contributed by atoms with van der Waals surface area (Å²) in [5, 5.41) is 0. The van der Waals surface area contributed by atoms with Crippen molar-refractivity contribution in [1.82, 2.24) is 4.90 Å².